The van der Waals surface area contributed by atoms with Crippen molar-refractivity contribution < 1.29 is 0 Å². The van der Waals surface area contributed by atoms with E-state index in [-0.39, 0.29) is 5.54 Å². The van der Waals surface area contributed by atoms with Crippen LogP contribution in [0.5, 0.6) is 0 Å². The third kappa shape index (κ3) is 1.46. The molecule has 0 aliphatic heterocycles. The standard InChI is InChI=1S/C9H14ClN3/c1-3-4-7-11-12-8(10)13(7)9(2)5-6-9/h3-6H2,1-2H3. The number of halogens is 1. The van der Waals surface area contributed by atoms with Gasteiger partial charge in [0, 0.05) is 12.0 Å². The van der Waals surface area contributed by atoms with E-state index < -0.39 is 0 Å². The van der Waals surface area contributed by atoms with Crippen molar-refractivity contribution >= 4 is 11.6 Å². The van der Waals surface area contributed by atoms with Gasteiger partial charge in [-0.1, -0.05) is 6.92 Å². The number of hydrogen-bond acceptors (Lipinski definition) is 2. The van der Waals surface area contributed by atoms with Crippen molar-refractivity contribution in [3.05, 3.63) is 11.1 Å². The minimum absolute atomic E-state index is 0.213. The van der Waals surface area contributed by atoms with Gasteiger partial charge in [0.15, 0.2) is 0 Å². The minimum atomic E-state index is 0.213. The molecule has 0 radical (unpaired) electrons. The van der Waals surface area contributed by atoms with Crippen molar-refractivity contribution in [1.29, 1.82) is 0 Å². The normalized spacial score (nSPS) is 19.0. The van der Waals surface area contributed by atoms with Gasteiger partial charge in [-0.15, -0.1) is 10.2 Å². The highest BCUT2D eigenvalue weighted by molar-refractivity contribution is 6.28. The molecule has 0 unspecified atom stereocenters. The Morgan fingerprint density at radius 3 is 2.69 bits per heavy atom. The van der Waals surface area contributed by atoms with E-state index in [2.05, 4.69) is 28.6 Å². The number of nitrogens with zero attached hydrogens (tertiary/aromatic N) is 3. The van der Waals surface area contributed by atoms with Gasteiger partial charge in [0.05, 0.1) is 0 Å². The van der Waals surface area contributed by atoms with Crippen LogP contribution in [0, 0.1) is 0 Å². The molecule has 1 aromatic heterocycles. The lowest BCUT2D eigenvalue weighted by molar-refractivity contribution is 0.505. The molecule has 1 heterocycles. The number of hydrogen-bond donors (Lipinski definition) is 0. The van der Waals surface area contributed by atoms with Crippen molar-refractivity contribution in [2.24, 2.45) is 0 Å². The molecule has 0 atom stereocenters. The fraction of sp³-hybridized carbons (Fsp3) is 0.778. The van der Waals surface area contributed by atoms with E-state index >= 15 is 0 Å². The lowest BCUT2D eigenvalue weighted by Gasteiger charge is -2.13. The first kappa shape index (κ1) is 9.00. The van der Waals surface area contributed by atoms with E-state index in [1.807, 2.05) is 0 Å². The monoisotopic (exact) mass is 199 g/mol. The Hall–Kier alpha value is -0.570. The van der Waals surface area contributed by atoms with E-state index in [0.717, 1.165) is 18.7 Å². The molecule has 0 spiro atoms. The molecule has 0 saturated heterocycles. The predicted octanol–water partition coefficient (Wildman–Crippen LogP) is 2.39. The second kappa shape index (κ2) is 2.98. The molecule has 0 bridgehead atoms. The first-order chi connectivity index (χ1) is 6.17. The molecule has 0 N–H and O–H groups in total. The summed E-state index contributed by atoms with van der Waals surface area (Å²) in [7, 11) is 0. The van der Waals surface area contributed by atoms with Crippen LogP contribution in [-0.4, -0.2) is 14.8 Å². The number of rotatable bonds is 3. The van der Waals surface area contributed by atoms with Crippen molar-refractivity contribution in [2.75, 3.05) is 0 Å². The van der Waals surface area contributed by atoms with Gasteiger partial charge in [0.25, 0.3) is 0 Å². The highest BCUT2D eigenvalue weighted by Gasteiger charge is 2.42. The van der Waals surface area contributed by atoms with E-state index in [0.29, 0.717) is 5.28 Å². The van der Waals surface area contributed by atoms with Gasteiger partial charge in [-0.25, -0.2) is 0 Å². The van der Waals surface area contributed by atoms with Gasteiger partial charge in [-0.3, -0.25) is 4.57 Å². The molecule has 3 nitrogen and oxygen atoms in total. The number of aryl methyl sites for hydroxylation is 1. The van der Waals surface area contributed by atoms with E-state index in [1.54, 1.807) is 0 Å². The van der Waals surface area contributed by atoms with Crippen LogP contribution in [0.4, 0.5) is 0 Å². The summed E-state index contributed by atoms with van der Waals surface area (Å²) >= 11 is 5.99. The fourth-order valence-electron chi connectivity index (χ4n) is 1.62. The molecule has 1 saturated carbocycles. The first-order valence-corrected chi connectivity index (χ1v) is 5.15. The molecule has 13 heavy (non-hydrogen) atoms. The van der Waals surface area contributed by atoms with Crippen LogP contribution in [0.1, 0.15) is 38.9 Å². The van der Waals surface area contributed by atoms with Gasteiger partial charge < -0.3 is 0 Å². The summed E-state index contributed by atoms with van der Waals surface area (Å²) in [5.41, 5.74) is 0.213. The highest BCUT2D eigenvalue weighted by Crippen LogP contribution is 2.45. The van der Waals surface area contributed by atoms with Crippen LogP contribution < -0.4 is 0 Å². The summed E-state index contributed by atoms with van der Waals surface area (Å²) in [6.45, 7) is 4.35. The van der Waals surface area contributed by atoms with Crippen LogP contribution in [0.3, 0.4) is 0 Å². The molecule has 4 heteroatoms. The topological polar surface area (TPSA) is 30.7 Å². The van der Waals surface area contributed by atoms with Crippen LogP contribution >= 0.6 is 11.6 Å². The lowest BCUT2D eigenvalue weighted by Crippen LogP contribution is -2.15. The maximum atomic E-state index is 5.99. The quantitative estimate of drug-likeness (QED) is 0.749. The zero-order valence-electron chi connectivity index (χ0n) is 8.05. The molecular weight excluding hydrogens is 186 g/mol. The largest absolute Gasteiger partial charge is 0.296 e. The van der Waals surface area contributed by atoms with Gasteiger partial charge in [0.2, 0.25) is 5.28 Å². The Bertz CT molecular complexity index is 315. The SMILES string of the molecule is CCCc1nnc(Cl)n1C1(C)CC1. The predicted molar refractivity (Wildman–Crippen MR) is 51.9 cm³/mol. The maximum Gasteiger partial charge on any atom is 0.225 e. The summed E-state index contributed by atoms with van der Waals surface area (Å²) in [4.78, 5) is 0. The Labute approximate surface area is 83.1 Å². The average molecular weight is 200 g/mol. The van der Waals surface area contributed by atoms with E-state index in [1.165, 1.54) is 12.8 Å². The van der Waals surface area contributed by atoms with E-state index in [9.17, 15) is 0 Å². The molecule has 0 aromatic carbocycles. The molecule has 1 aromatic rings. The third-order valence-electron chi connectivity index (χ3n) is 2.68. The van der Waals surface area contributed by atoms with Gasteiger partial charge in [-0.05, 0) is 37.8 Å². The van der Waals surface area contributed by atoms with Crippen molar-refractivity contribution in [2.45, 2.75) is 45.1 Å². The number of aromatic nitrogens is 3. The maximum absolute atomic E-state index is 5.99. The van der Waals surface area contributed by atoms with Crippen LogP contribution in [0.2, 0.25) is 5.28 Å². The Morgan fingerprint density at radius 2 is 2.15 bits per heavy atom. The zero-order valence-corrected chi connectivity index (χ0v) is 8.80. The molecular formula is C9H14ClN3. The molecule has 2 rings (SSSR count). The Balaban J connectivity index is 2.35. The summed E-state index contributed by atoms with van der Waals surface area (Å²) in [6, 6.07) is 0. The molecule has 0 amide bonds. The van der Waals surface area contributed by atoms with Crippen LogP contribution in [0.25, 0.3) is 0 Å². The second-order valence-electron chi connectivity index (χ2n) is 3.97. The zero-order chi connectivity index (χ0) is 9.47. The second-order valence-corrected chi connectivity index (χ2v) is 4.31. The van der Waals surface area contributed by atoms with Crippen LogP contribution in [-0.2, 0) is 12.0 Å². The van der Waals surface area contributed by atoms with Gasteiger partial charge >= 0.3 is 0 Å². The average Bonchev–Trinajstić information content (AvgIpc) is 2.70. The smallest absolute Gasteiger partial charge is 0.225 e. The lowest BCUT2D eigenvalue weighted by atomic mass is 10.2. The minimum Gasteiger partial charge on any atom is -0.296 e. The summed E-state index contributed by atoms with van der Waals surface area (Å²) in [5, 5.41) is 8.56. The fourth-order valence-corrected chi connectivity index (χ4v) is 1.96. The summed E-state index contributed by atoms with van der Waals surface area (Å²) in [5.74, 6) is 1.03. The Morgan fingerprint density at radius 1 is 1.46 bits per heavy atom. The van der Waals surface area contributed by atoms with Crippen molar-refractivity contribution in [3.63, 3.8) is 0 Å². The van der Waals surface area contributed by atoms with Gasteiger partial charge in [-0.2, -0.15) is 0 Å². The van der Waals surface area contributed by atoms with Crippen molar-refractivity contribution in [3.8, 4) is 0 Å². The first-order valence-electron chi connectivity index (χ1n) is 4.77. The van der Waals surface area contributed by atoms with E-state index in [4.69, 9.17) is 11.6 Å². The molecule has 1 fully saturated rings. The third-order valence-corrected chi connectivity index (χ3v) is 2.92. The molecule has 1 aliphatic carbocycles. The summed E-state index contributed by atoms with van der Waals surface area (Å²) < 4.78 is 2.10. The highest BCUT2D eigenvalue weighted by atomic mass is 35.5. The molecule has 72 valence electrons. The van der Waals surface area contributed by atoms with Crippen LogP contribution in [0.15, 0.2) is 0 Å². The molecule has 1 aliphatic rings. The summed E-state index contributed by atoms with van der Waals surface area (Å²) in [6.07, 6.45) is 4.45. The van der Waals surface area contributed by atoms with Gasteiger partial charge in [0.1, 0.15) is 5.82 Å². The Kier molecular flexibility index (Phi) is 2.06. The van der Waals surface area contributed by atoms with Crippen molar-refractivity contribution in [1.82, 2.24) is 14.8 Å².